The highest BCUT2D eigenvalue weighted by Crippen LogP contribution is 2.26. The lowest BCUT2D eigenvalue weighted by atomic mass is 10.1. The van der Waals surface area contributed by atoms with Crippen molar-refractivity contribution in [3.8, 4) is 0 Å². The van der Waals surface area contributed by atoms with Crippen molar-refractivity contribution in [3.05, 3.63) is 57.2 Å². The summed E-state index contributed by atoms with van der Waals surface area (Å²) in [4.78, 5) is 1.39. The zero-order valence-corrected chi connectivity index (χ0v) is 12.3. The highest BCUT2D eigenvalue weighted by atomic mass is 35.5. The summed E-state index contributed by atoms with van der Waals surface area (Å²) in [5.74, 6) is 0. The van der Waals surface area contributed by atoms with E-state index in [0.29, 0.717) is 12.1 Å². The van der Waals surface area contributed by atoms with E-state index < -0.39 is 0 Å². The summed E-state index contributed by atoms with van der Waals surface area (Å²) >= 11 is 7.84. The molecule has 1 aromatic carbocycles. The van der Waals surface area contributed by atoms with Crippen LogP contribution < -0.4 is 5.32 Å². The molecule has 0 radical (unpaired) electrons. The molecule has 1 N–H and O–H groups in total. The van der Waals surface area contributed by atoms with Gasteiger partial charge in [0.2, 0.25) is 0 Å². The summed E-state index contributed by atoms with van der Waals surface area (Å²) in [6, 6.07) is 13.1. The molecule has 96 valence electrons. The molecule has 0 aliphatic heterocycles. The van der Waals surface area contributed by atoms with Crippen LogP contribution in [-0.4, -0.2) is 0 Å². The zero-order valence-electron chi connectivity index (χ0n) is 10.7. The highest BCUT2D eigenvalue weighted by molar-refractivity contribution is 7.10. The third kappa shape index (κ3) is 3.35. The maximum Gasteiger partial charge on any atom is 0.0416 e. The molecule has 1 unspecified atom stereocenters. The maximum absolute atomic E-state index is 6.03. The second kappa shape index (κ2) is 6.37. The van der Waals surface area contributed by atoms with Gasteiger partial charge in [0, 0.05) is 22.0 Å². The van der Waals surface area contributed by atoms with Gasteiger partial charge in [-0.3, -0.25) is 0 Å². The van der Waals surface area contributed by atoms with E-state index in [2.05, 4.69) is 42.7 Å². The van der Waals surface area contributed by atoms with Crippen LogP contribution in [0.1, 0.15) is 42.8 Å². The van der Waals surface area contributed by atoms with E-state index in [1.807, 2.05) is 29.5 Å². The molecular weight excluding hydrogens is 262 g/mol. The highest BCUT2D eigenvalue weighted by Gasteiger charge is 2.14. The van der Waals surface area contributed by atoms with Crippen molar-refractivity contribution in [2.45, 2.75) is 32.4 Å². The van der Waals surface area contributed by atoms with E-state index in [0.717, 1.165) is 11.4 Å². The topological polar surface area (TPSA) is 12.0 Å². The first kappa shape index (κ1) is 13.6. The fourth-order valence-corrected chi connectivity index (χ4v) is 3.13. The number of benzene rings is 1. The Kier molecular flexibility index (Phi) is 4.81. The number of hydrogen-bond donors (Lipinski definition) is 1. The van der Waals surface area contributed by atoms with Crippen LogP contribution in [0, 0.1) is 0 Å². The number of halogens is 1. The first-order chi connectivity index (χ1) is 8.70. The molecule has 0 bridgehead atoms. The van der Waals surface area contributed by atoms with E-state index in [1.54, 1.807) is 0 Å². The van der Waals surface area contributed by atoms with Gasteiger partial charge in [-0.05, 0) is 42.5 Å². The van der Waals surface area contributed by atoms with Crippen LogP contribution in [0.25, 0.3) is 0 Å². The van der Waals surface area contributed by atoms with Crippen molar-refractivity contribution in [2.24, 2.45) is 0 Å². The van der Waals surface area contributed by atoms with Gasteiger partial charge in [0.15, 0.2) is 0 Å². The van der Waals surface area contributed by atoms with E-state index in [4.69, 9.17) is 11.6 Å². The van der Waals surface area contributed by atoms with Crippen LogP contribution in [0.4, 0.5) is 0 Å². The molecule has 0 saturated heterocycles. The molecule has 0 aliphatic carbocycles. The average Bonchev–Trinajstić information content (AvgIpc) is 2.89. The minimum Gasteiger partial charge on any atom is -0.303 e. The van der Waals surface area contributed by atoms with Crippen LogP contribution in [0.2, 0.25) is 5.02 Å². The Morgan fingerprint density at radius 2 is 2.11 bits per heavy atom. The number of thiophene rings is 1. The minimum atomic E-state index is 0.302. The molecule has 2 aromatic rings. The van der Waals surface area contributed by atoms with Crippen LogP contribution in [0.3, 0.4) is 0 Å². The number of nitrogens with one attached hydrogen (secondary N) is 1. The van der Waals surface area contributed by atoms with Crippen LogP contribution in [-0.2, 0) is 0 Å². The molecule has 2 rings (SSSR count). The lowest BCUT2D eigenvalue weighted by molar-refractivity contribution is 0.462. The van der Waals surface area contributed by atoms with Gasteiger partial charge in [0.25, 0.3) is 0 Å². The van der Waals surface area contributed by atoms with Gasteiger partial charge in [-0.2, -0.15) is 0 Å². The van der Waals surface area contributed by atoms with Crippen molar-refractivity contribution in [3.63, 3.8) is 0 Å². The van der Waals surface area contributed by atoms with Gasteiger partial charge < -0.3 is 5.32 Å². The summed E-state index contributed by atoms with van der Waals surface area (Å²) in [7, 11) is 0. The minimum absolute atomic E-state index is 0.302. The fraction of sp³-hybridized carbons (Fsp3) is 0.333. The fourth-order valence-electron chi connectivity index (χ4n) is 2.06. The quantitative estimate of drug-likeness (QED) is 0.793. The largest absolute Gasteiger partial charge is 0.303 e. The standard InChI is InChI=1S/C15H18ClNS/c1-3-14(15-8-5-9-18-15)17-11(2)12-6-4-7-13(16)10-12/h4-11,14,17H,3H2,1-2H3/t11-,14?/m0/s1. The SMILES string of the molecule is CCC(N[C@@H](C)c1cccc(Cl)c1)c1cccs1. The van der Waals surface area contributed by atoms with Gasteiger partial charge in [-0.15, -0.1) is 11.3 Å². The molecule has 18 heavy (non-hydrogen) atoms. The zero-order chi connectivity index (χ0) is 13.0. The van der Waals surface area contributed by atoms with E-state index >= 15 is 0 Å². The normalized spacial score (nSPS) is 14.4. The molecule has 0 spiro atoms. The molecule has 1 aromatic heterocycles. The Bertz CT molecular complexity index is 481. The third-order valence-corrected chi connectivity index (χ3v) is 4.32. The summed E-state index contributed by atoms with van der Waals surface area (Å²) in [5.41, 5.74) is 1.23. The molecular formula is C15H18ClNS. The Balaban J connectivity index is 2.08. The van der Waals surface area contributed by atoms with Crippen molar-refractivity contribution < 1.29 is 0 Å². The molecule has 1 nitrogen and oxygen atoms in total. The van der Waals surface area contributed by atoms with Crippen LogP contribution >= 0.6 is 22.9 Å². The second-order valence-corrected chi connectivity index (χ2v) is 5.84. The van der Waals surface area contributed by atoms with Crippen molar-refractivity contribution >= 4 is 22.9 Å². The van der Waals surface area contributed by atoms with Gasteiger partial charge in [-0.1, -0.05) is 36.7 Å². The average molecular weight is 280 g/mol. The van der Waals surface area contributed by atoms with Crippen molar-refractivity contribution in [1.29, 1.82) is 0 Å². The Morgan fingerprint density at radius 3 is 2.72 bits per heavy atom. The Labute approximate surface area is 118 Å². The monoisotopic (exact) mass is 279 g/mol. The predicted molar refractivity (Wildman–Crippen MR) is 80.4 cm³/mol. The molecule has 0 amide bonds. The van der Waals surface area contributed by atoms with Crippen molar-refractivity contribution in [2.75, 3.05) is 0 Å². The lowest BCUT2D eigenvalue weighted by Crippen LogP contribution is -2.23. The van der Waals surface area contributed by atoms with Crippen molar-refractivity contribution in [1.82, 2.24) is 5.32 Å². The molecule has 3 heteroatoms. The summed E-state index contributed by atoms with van der Waals surface area (Å²) in [5, 5.41) is 6.59. The predicted octanol–water partition coefficient (Wildman–Crippen LogP) is 5.20. The van der Waals surface area contributed by atoms with E-state index in [-0.39, 0.29) is 0 Å². The number of hydrogen-bond acceptors (Lipinski definition) is 2. The molecule has 1 heterocycles. The van der Waals surface area contributed by atoms with Gasteiger partial charge in [-0.25, -0.2) is 0 Å². The number of rotatable bonds is 5. The summed E-state index contributed by atoms with van der Waals surface area (Å²) in [6.07, 6.45) is 1.09. The smallest absolute Gasteiger partial charge is 0.0416 e. The third-order valence-electron chi connectivity index (χ3n) is 3.09. The van der Waals surface area contributed by atoms with Gasteiger partial charge in [0.05, 0.1) is 0 Å². The van der Waals surface area contributed by atoms with Crippen LogP contribution in [0.15, 0.2) is 41.8 Å². The van der Waals surface area contributed by atoms with E-state index in [9.17, 15) is 0 Å². The lowest BCUT2D eigenvalue weighted by Gasteiger charge is -2.22. The van der Waals surface area contributed by atoms with Crippen LogP contribution in [0.5, 0.6) is 0 Å². The molecule has 2 atom stereocenters. The summed E-state index contributed by atoms with van der Waals surface area (Å²) in [6.45, 7) is 4.39. The van der Waals surface area contributed by atoms with E-state index in [1.165, 1.54) is 10.4 Å². The molecule has 0 aliphatic rings. The maximum atomic E-state index is 6.03. The van der Waals surface area contributed by atoms with Gasteiger partial charge >= 0.3 is 0 Å². The Morgan fingerprint density at radius 1 is 1.28 bits per heavy atom. The first-order valence-corrected chi connectivity index (χ1v) is 7.51. The summed E-state index contributed by atoms with van der Waals surface area (Å²) < 4.78 is 0. The first-order valence-electron chi connectivity index (χ1n) is 6.25. The second-order valence-electron chi connectivity index (χ2n) is 4.42. The molecule has 0 saturated carbocycles. The van der Waals surface area contributed by atoms with Gasteiger partial charge in [0.1, 0.15) is 0 Å². The molecule has 0 fully saturated rings. The Hall–Kier alpha value is -0.830.